The molecule has 0 unspecified atom stereocenters. The van der Waals surface area contributed by atoms with Crippen LogP contribution in [0.1, 0.15) is 17.1 Å². The highest BCUT2D eigenvalue weighted by Crippen LogP contribution is 2.25. The summed E-state index contributed by atoms with van der Waals surface area (Å²) in [4.78, 5) is 7.59. The Hall–Kier alpha value is -4.09. The van der Waals surface area contributed by atoms with E-state index in [4.69, 9.17) is 9.68 Å². The summed E-state index contributed by atoms with van der Waals surface area (Å²) >= 11 is 0. The molecule has 0 aliphatic carbocycles. The number of allylic oxidation sites excluding steroid dienone is 1. The SMILES string of the molecule is N#C/C(=C/c1ccc(-c2ccc(C#N)cc2)o1)c1nc2ccccc2[nH]1. The van der Waals surface area contributed by atoms with Gasteiger partial charge in [-0.3, -0.25) is 0 Å². The minimum atomic E-state index is 0.391. The van der Waals surface area contributed by atoms with E-state index >= 15 is 0 Å². The van der Waals surface area contributed by atoms with Crippen molar-refractivity contribution in [1.82, 2.24) is 9.97 Å². The third kappa shape index (κ3) is 2.86. The highest BCUT2D eigenvalue weighted by Gasteiger charge is 2.10. The van der Waals surface area contributed by atoms with Crippen molar-refractivity contribution in [3.63, 3.8) is 0 Å². The van der Waals surface area contributed by atoms with Crippen LogP contribution in [0.2, 0.25) is 0 Å². The zero-order chi connectivity index (χ0) is 17.9. The molecular weight excluding hydrogens is 324 g/mol. The van der Waals surface area contributed by atoms with Crippen molar-refractivity contribution < 1.29 is 4.42 Å². The number of rotatable bonds is 3. The molecule has 0 atom stereocenters. The van der Waals surface area contributed by atoms with E-state index in [-0.39, 0.29) is 0 Å². The normalized spacial score (nSPS) is 11.2. The van der Waals surface area contributed by atoms with E-state index in [0.29, 0.717) is 28.5 Å². The zero-order valence-corrected chi connectivity index (χ0v) is 13.6. The number of nitrogens with one attached hydrogen (secondary N) is 1. The summed E-state index contributed by atoms with van der Waals surface area (Å²) in [6.45, 7) is 0. The Morgan fingerprint density at radius 1 is 1.00 bits per heavy atom. The van der Waals surface area contributed by atoms with Crippen LogP contribution in [0.4, 0.5) is 0 Å². The molecule has 0 aliphatic heterocycles. The predicted octanol–water partition coefficient (Wildman–Crippen LogP) is 4.76. The first-order valence-corrected chi connectivity index (χ1v) is 7.94. The van der Waals surface area contributed by atoms with E-state index < -0.39 is 0 Å². The van der Waals surface area contributed by atoms with Crippen LogP contribution in [-0.2, 0) is 0 Å². The number of nitrogens with zero attached hydrogens (tertiary/aromatic N) is 3. The van der Waals surface area contributed by atoms with Gasteiger partial charge in [0.25, 0.3) is 0 Å². The average molecular weight is 336 g/mol. The van der Waals surface area contributed by atoms with Crippen LogP contribution >= 0.6 is 0 Å². The van der Waals surface area contributed by atoms with Gasteiger partial charge in [-0.05, 0) is 48.5 Å². The van der Waals surface area contributed by atoms with Gasteiger partial charge in [0.15, 0.2) is 0 Å². The van der Waals surface area contributed by atoms with E-state index in [1.165, 1.54) is 0 Å². The number of aromatic amines is 1. The molecule has 0 fully saturated rings. The first-order valence-electron chi connectivity index (χ1n) is 7.94. The molecule has 0 aliphatic rings. The number of furan rings is 1. The average Bonchev–Trinajstić information content (AvgIpc) is 3.33. The number of aromatic nitrogens is 2. The highest BCUT2D eigenvalue weighted by atomic mass is 16.3. The van der Waals surface area contributed by atoms with Crippen LogP contribution in [0.5, 0.6) is 0 Å². The second kappa shape index (κ2) is 6.43. The molecular formula is C21H12N4O. The molecule has 5 nitrogen and oxygen atoms in total. The number of hydrogen-bond acceptors (Lipinski definition) is 4. The van der Waals surface area contributed by atoms with E-state index in [2.05, 4.69) is 22.1 Å². The van der Waals surface area contributed by atoms with Crippen molar-refractivity contribution in [3.05, 3.63) is 77.8 Å². The molecule has 0 spiro atoms. The number of benzene rings is 2. The van der Waals surface area contributed by atoms with Crippen molar-refractivity contribution in [2.75, 3.05) is 0 Å². The van der Waals surface area contributed by atoms with Crippen LogP contribution in [-0.4, -0.2) is 9.97 Å². The van der Waals surface area contributed by atoms with E-state index in [9.17, 15) is 5.26 Å². The number of imidazole rings is 1. The fourth-order valence-electron chi connectivity index (χ4n) is 2.67. The van der Waals surface area contributed by atoms with Gasteiger partial charge in [-0.15, -0.1) is 0 Å². The number of fused-ring (bicyclic) bond motifs is 1. The number of hydrogen-bond donors (Lipinski definition) is 1. The molecule has 0 bridgehead atoms. The summed E-state index contributed by atoms with van der Waals surface area (Å²) < 4.78 is 5.82. The van der Waals surface area contributed by atoms with Crippen molar-refractivity contribution >= 4 is 22.7 Å². The minimum absolute atomic E-state index is 0.391. The van der Waals surface area contributed by atoms with Crippen molar-refractivity contribution in [3.8, 4) is 23.5 Å². The maximum Gasteiger partial charge on any atom is 0.149 e. The van der Waals surface area contributed by atoms with Crippen LogP contribution in [0.25, 0.3) is 34.0 Å². The lowest BCUT2D eigenvalue weighted by Gasteiger charge is -1.96. The first-order chi connectivity index (χ1) is 12.8. The van der Waals surface area contributed by atoms with Gasteiger partial charge in [0, 0.05) is 11.6 Å². The summed E-state index contributed by atoms with van der Waals surface area (Å²) in [5, 5.41) is 18.4. The van der Waals surface area contributed by atoms with Crippen LogP contribution in [0, 0.1) is 22.7 Å². The Kier molecular flexibility index (Phi) is 3.82. The molecule has 0 radical (unpaired) electrons. The molecule has 4 rings (SSSR count). The van der Waals surface area contributed by atoms with Crippen LogP contribution in [0.15, 0.2) is 65.1 Å². The van der Waals surface area contributed by atoms with Crippen LogP contribution < -0.4 is 0 Å². The minimum Gasteiger partial charge on any atom is -0.457 e. The second-order valence-corrected chi connectivity index (χ2v) is 5.66. The Balaban J connectivity index is 1.67. The van der Waals surface area contributed by atoms with Gasteiger partial charge >= 0.3 is 0 Å². The standard InChI is InChI=1S/C21H12N4O/c22-12-14-5-7-15(8-6-14)20-10-9-17(26-20)11-16(13-23)21-24-18-3-1-2-4-19(18)25-21/h1-11H,(H,24,25)/b16-11-. The molecule has 122 valence electrons. The summed E-state index contributed by atoms with van der Waals surface area (Å²) in [7, 11) is 0. The molecule has 26 heavy (non-hydrogen) atoms. The van der Waals surface area contributed by atoms with Gasteiger partial charge in [-0.2, -0.15) is 10.5 Å². The number of nitriles is 2. The third-order valence-corrected chi connectivity index (χ3v) is 3.98. The lowest BCUT2D eigenvalue weighted by atomic mass is 10.1. The molecule has 0 saturated carbocycles. The molecule has 5 heteroatoms. The molecule has 4 aromatic rings. The van der Waals surface area contributed by atoms with Crippen LogP contribution in [0.3, 0.4) is 0 Å². The molecule has 2 aromatic heterocycles. The summed E-state index contributed by atoms with van der Waals surface area (Å²) in [6, 6.07) is 22.6. The first kappa shape index (κ1) is 15.4. The molecule has 2 aromatic carbocycles. The Bertz CT molecular complexity index is 1160. The van der Waals surface area contributed by atoms with E-state index in [0.717, 1.165) is 16.6 Å². The van der Waals surface area contributed by atoms with Crippen molar-refractivity contribution in [2.45, 2.75) is 0 Å². The van der Waals surface area contributed by atoms with Gasteiger partial charge in [0.2, 0.25) is 0 Å². The quantitative estimate of drug-likeness (QED) is 0.546. The Morgan fingerprint density at radius 2 is 1.81 bits per heavy atom. The fourth-order valence-corrected chi connectivity index (χ4v) is 2.67. The summed E-state index contributed by atoms with van der Waals surface area (Å²) in [6.07, 6.45) is 1.66. The topological polar surface area (TPSA) is 89.4 Å². The molecule has 1 N–H and O–H groups in total. The summed E-state index contributed by atoms with van der Waals surface area (Å²) in [5.41, 5.74) is 3.53. The second-order valence-electron chi connectivity index (χ2n) is 5.66. The monoisotopic (exact) mass is 336 g/mol. The Morgan fingerprint density at radius 3 is 2.54 bits per heavy atom. The highest BCUT2D eigenvalue weighted by molar-refractivity contribution is 5.89. The maximum absolute atomic E-state index is 9.50. The van der Waals surface area contributed by atoms with Gasteiger partial charge in [0.05, 0.1) is 28.2 Å². The Labute approximate surface area is 149 Å². The lowest BCUT2D eigenvalue weighted by Crippen LogP contribution is -1.84. The number of para-hydroxylation sites is 2. The lowest BCUT2D eigenvalue weighted by molar-refractivity contribution is 0.572. The molecule has 0 amide bonds. The third-order valence-electron chi connectivity index (χ3n) is 3.98. The zero-order valence-electron chi connectivity index (χ0n) is 13.6. The van der Waals surface area contributed by atoms with Gasteiger partial charge in [-0.1, -0.05) is 12.1 Å². The summed E-state index contributed by atoms with van der Waals surface area (Å²) in [5.74, 6) is 1.73. The van der Waals surface area contributed by atoms with Gasteiger partial charge < -0.3 is 9.40 Å². The van der Waals surface area contributed by atoms with Crippen molar-refractivity contribution in [1.29, 1.82) is 10.5 Å². The smallest absolute Gasteiger partial charge is 0.149 e. The predicted molar refractivity (Wildman–Crippen MR) is 98.4 cm³/mol. The molecule has 0 saturated heterocycles. The largest absolute Gasteiger partial charge is 0.457 e. The van der Waals surface area contributed by atoms with E-state index in [1.54, 1.807) is 24.3 Å². The van der Waals surface area contributed by atoms with Gasteiger partial charge in [0.1, 0.15) is 23.4 Å². The maximum atomic E-state index is 9.50. The van der Waals surface area contributed by atoms with Gasteiger partial charge in [-0.25, -0.2) is 4.98 Å². The molecule has 2 heterocycles. The number of H-pyrrole nitrogens is 1. The van der Waals surface area contributed by atoms with E-state index in [1.807, 2.05) is 42.5 Å². The fraction of sp³-hybridized carbons (Fsp3) is 0. The van der Waals surface area contributed by atoms with Crippen molar-refractivity contribution in [2.24, 2.45) is 0 Å².